The van der Waals surface area contributed by atoms with Crippen molar-refractivity contribution in [3.63, 3.8) is 0 Å². The fraction of sp³-hybridized carbons (Fsp3) is 0. The van der Waals surface area contributed by atoms with Crippen molar-refractivity contribution in [3.8, 4) is 0 Å². The summed E-state index contributed by atoms with van der Waals surface area (Å²) in [7, 11) is 2.32. The van der Waals surface area contributed by atoms with Crippen LogP contribution < -0.4 is 10.9 Å². The second kappa shape index (κ2) is 5.56. The van der Waals surface area contributed by atoms with Gasteiger partial charge in [0.2, 0.25) is 11.7 Å². The molecule has 3 rings (SSSR count). The van der Waals surface area contributed by atoms with E-state index in [4.69, 9.17) is 10.2 Å². The minimum Gasteiger partial charge on any atom is -0.489 e. The maximum Gasteiger partial charge on any atom is 0.300 e. The van der Waals surface area contributed by atoms with Gasteiger partial charge in [0.05, 0.1) is 0 Å². The largest absolute Gasteiger partial charge is 0.489 e. The van der Waals surface area contributed by atoms with Crippen LogP contribution in [0.5, 0.6) is 0 Å². The quantitative estimate of drug-likeness (QED) is 0.569. The van der Waals surface area contributed by atoms with E-state index < -0.39 is 11.7 Å². The molecule has 3 aromatic rings. The molecule has 3 aromatic carbocycles. The van der Waals surface area contributed by atoms with E-state index in [0.717, 1.165) is 36.1 Å². The Kier molecular flexibility index (Phi) is 3.59. The van der Waals surface area contributed by atoms with Gasteiger partial charge in [-0.15, -0.1) is 0 Å². The van der Waals surface area contributed by atoms with Crippen LogP contribution in [0.15, 0.2) is 48.5 Å². The number of carboxylic acid groups (broad SMARTS) is 2. The molecule has 0 saturated carbocycles. The molecule has 0 atom stereocenters. The maximum absolute atomic E-state index is 11.2. The highest BCUT2D eigenvalue weighted by atomic mass is 16.4. The SMILES string of the molecule is O=C(O)[B]c1c2ccccc2c([B]C(=O)O)c2ccccc12. The molecule has 0 aliphatic rings. The third-order valence-corrected chi connectivity index (χ3v) is 3.55. The molecule has 0 fully saturated rings. The molecular formula is C16H10B2O4. The van der Waals surface area contributed by atoms with Crippen LogP contribution in [0.3, 0.4) is 0 Å². The molecule has 0 aliphatic carbocycles. The van der Waals surface area contributed by atoms with Crippen LogP contribution in [0, 0.1) is 0 Å². The molecule has 0 bridgehead atoms. The standard InChI is InChI=1S/C16H10B2O4/c19-15(20)17-13-9-5-1-2-6-10(9)14(18-16(21)22)12-8-4-3-7-11(12)13/h1-8H,(H,19,20)(H,21,22). The van der Waals surface area contributed by atoms with Gasteiger partial charge in [0.1, 0.15) is 0 Å². The van der Waals surface area contributed by atoms with Crippen molar-refractivity contribution in [2.24, 2.45) is 0 Å². The van der Waals surface area contributed by atoms with Crippen LogP contribution >= 0.6 is 0 Å². The van der Waals surface area contributed by atoms with E-state index in [9.17, 15) is 9.59 Å². The van der Waals surface area contributed by atoms with Gasteiger partial charge < -0.3 is 10.2 Å². The molecule has 0 saturated heterocycles. The van der Waals surface area contributed by atoms with Gasteiger partial charge in [-0.25, -0.2) is 0 Å². The Morgan fingerprint density at radius 2 is 0.909 bits per heavy atom. The van der Waals surface area contributed by atoms with Crippen LogP contribution in [0.4, 0.5) is 9.59 Å². The maximum atomic E-state index is 11.2. The highest BCUT2D eigenvalue weighted by Gasteiger charge is 2.18. The second-order valence-electron chi connectivity index (χ2n) is 4.88. The van der Waals surface area contributed by atoms with E-state index in [1.165, 1.54) is 0 Å². The Morgan fingerprint density at radius 1 is 0.636 bits per heavy atom. The smallest absolute Gasteiger partial charge is 0.300 e. The first-order valence-electron chi connectivity index (χ1n) is 6.66. The molecule has 2 radical (unpaired) electrons. The normalized spacial score (nSPS) is 10.5. The topological polar surface area (TPSA) is 74.6 Å². The number of carbonyl (C=O) groups is 2. The van der Waals surface area contributed by atoms with E-state index in [0.29, 0.717) is 10.9 Å². The molecule has 4 nitrogen and oxygen atoms in total. The van der Waals surface area contributed by atoms with Gasteiger partial charge in [-0.1, -0.05) is 59.5 Å². The van der Waals surface area contributed by atoms with Crippen molar-refractivity contribution < 1.29 is 19.8 Å². The zero-order valence-corrected chi connectivity index (χ0v) is 11.5. The summed E-state index contributed by atoms with van der Waals surface area (Å²) >= 11 is 0. The summed E-state index contributed by atoms with van der Waals surface area (Å²) in [4.78, 5) is 22.3. The van der Waals surface area contributed by atoms with Crippen molar-refractivity contribution in [1.29, 1.82) is 0 Å². The zero-order valence-electron chi connectivity index (χ0n) is 11.5. The number of hydrogen-bond acceptors (Lipinski definition) is 2. The minimum absolute atomic E-state index is 0.584. The molecule has 0 unspecified atom stereocenters. The summed E-state index contributed by atoms with van der Waals surface area (Å²) in [6.45, 7) is 0. The van der Waals surface area contributed by atoms with E-state index in [-0.39, 0.29) is 0 Å². The summed E-state index contributed by atoms with van der Waals surface area (Å²) in [6.07, 6.45) is 0. The third-order valence-electron chi connectivity index (χ3n) is 3.55. The van der Waals surface area contributed by atoms with E-state index >= 15 is 0 Å². The second-order valence-corrected chi connectivity index (χ2v) is 4.88. The summed E-state index contributed by atoms with van der Waals surface area (Å²) < 4.78 is 0. The van der Waals surface area contributed by atoms with Crippen molar-refractivity contribution >= 4 is 58.8 Å². The molecule has 0 aliphatic heterocycles. The van der Waals surface area contributed by atoms with Gasteiger partial charge in [-0.2, -0.15) is 0 Å². The Bertz CT molecular complexity index is 774. The first-order valence-corrected chi connectivity index (χ1v) is 6.66. The number of rotatable bonds is 4. The molecule has 104 valence electrons. The van der Waals surface area contributed by atoms with Crippen molar-refractivity contribution in [2.75, 3.05) is 0 Å². The molecule has 0 amide bonds. The van der Waals surface area contributed by atoms with Crippen LogP contribution in [0.25, 0.3) is 21.5 Å². The predicted molar refractivity (Wildman–Crippen MR) is 88.3 cm³/mol. The number of benzene rings is 3. The lowest BCUT2D eigenvalue weighted by atomic mass is 9.61. The zero-order chi connectivity index (χ0) is 15.7. The van der Waals surface area contributed by atoms with Crippen molar-refractivity contribution in [2.45, 2.75) is 0 Å². The molecule has 2 N–H and O–H groups in total. The highest BCUT2D eigenvalue weighted by Crippen LogP contribution is 2.18. The number of fused-ring (bicyclic) bond motifs is 2. The Morgan fingerprint density at radius 3 is 1.14 bits per heavy atom. The molecule has 0 heterocycles. The minimum atomic E-state index is -1.04. The molecule has 22 heavy (non-hydrogen) atoms. The third kappa shape index (κ3) is 2.44. The van der Waals surface area contributed by atoms with Gasteiger partial charge >= 0.3 is 14.6 Å². The van der Waals surface area contributed by atoms with Crippen LogP contribution in [0.1, 0.15) is 0 Å². The van der Waals surface area contributed by atoms with Gasteiger partial charge in [-0.3, -0.25) is 9.59 Å². The van der Waals surface area contributed by atoms with Crippen molar-refractivity contribution in [3.05, 3.63) is 48.5 Å². The monoisotopic (exact) mass is 288 g/mol. The van der Waals surface area contributed by atoms with E-state index in [2.05, 4.69) is 0 Å². The molecule has 0 spiro atoms. The fourth-order valence-corrected chi connectivity index (χ4v) is 2.75. The van der Waals surface area contributed by atoms with E-state index in [1.54, 1.807) is 48.5 Å². The summed E-state index contributed by atoms with van der Waals surface area (Å²) in [5.41, 5.74) is 1.17. The Hall–Kier alpha value is -2.75. The number of hydrogen-bond donors (Lipinski definition) is 2. The lowest BCUT2D eigenvalue weighted by Crippen LogP contribution is -2.30. The van der Waals surface area contributed by atoms with Crippen LogP contribution in [0.2, 0.25) is 0 Å². The van der Waals surface area contributed by atoms with Crippen LogP contribution in [-0.4, -0.2) is 36.5 Å². The molecule has 6 heteroatoms. The lowest BCUT2D eigenvalue weighted by Gasteiger charge is -2.14. The average molecular weight is 288 g/mol. The van der Waals surface area contributed by atoms with Gasteiger partial charge in [-0.05, 0) is 21.5 Å². The lowest BCUT2D eigenvalue weighted by molar-refractivity contribution is 0.219. The summed E-state index contributed by atoms with van der Waals surface area (Å²) in [5.74, 6) is -2.07. The fourth-order valence-electron chi connectivity index (χ4n) is 2.75. The average Bonchev–Trinajstić information content (AvgIpc) is 2.50. The Labute approximate surface area is 127 Å². The van der Waals surface area contributed by atoms with Gasteiger partial charge in [0.25, 0.3) is 0 Å². The Balaban J connectivity index is 2.47. The first-order chi connectivity index (χ1) is 10.6. The summed E-state index contributed by atoms with van der Waals surface area (Å²) in [6, 6.07) is 14.4. The van der Waals surface area contributed by atoms with E-state index in [1.807, 2.05) is 0 Å². The van der Waals surface area contributed by atoms with Gasteiger partial charge in [0.15, 0.2) is 0 Å². The molecule has 0 aromatic heterocycles. The predicted octanol–water partition coefficient (Wildman–Crippen LogP) is 2.01. The van der Waals surface area contributed by atoms with Gasteiger partial charge in [0, 0.05) is 0 Å². The summed E-state index contributed by atoms with van der Waals surface area (Å²) in [5, 5.41) is 21.2. The van der Waals surface area contributed by atoms with Crippen molar-refractivity contribution in [1.82, 2.24) is 0 Å². The first kappa shape index (κ1) is 14.2. The van der Waals surface area contributed by atoms with Crippen LogP contribution in [-0.2, 0) is 0 Å². The highest BCUT2D eigenvalue weighted by molar-refractivity contribution is 6.89. The molecular weight excluding hydrogens is 278 g/mol.